The number of rotatable bonds is 46. The van der Waals surface area contributed by atoms with Crippen LogP contribution in [0.15, 0.2) is 61.1 Å². The second kappa shape index (κ2) is 44.1. The molecule has 2 aliphatic rings. The van der Waals surface area contributed by atoms with Gasteiger partial charge in [0.2, 0.25) is 23.6 Å². The Morgan fingerprint density at radius 3 is 1.24 bits per heavy atom. The summed E-state index contributed by atoms with van der Waals surface area (Å²) in [4.78, 5) is 193. The molecular weight excluding hydrogens is 1710 g/mol. The molecule has 0 aliphatic carbocycles. The lowest BCUT2D eigenvalue weighted by Crippen LogP contribution is -2.46. The van der Waals surface area contributed by atoms with Crippen molar-refractivity contribution in [2.45, 2.75) is 167 Å². The molecule has 14 unspecified atom stereocenters. The van der Waals surface area contributed by atoms with E-state index in [0.717, 1.165) is 83.7 Å². The van der Waals surface area contributed by atoms with Gasteiger partial charge in [-0.2, -0.15) is 0 Å². The van der Waals surface area contributed by atoms with E-state index in [2.05, 4.69) is 98.4 Å². The van der Waals surface area contributed by atoms with Crippen molar-refractivity contribution in [2.24, 2.45) is 10.8 Å². The molecule has 0 aromatic carbocycles. The molecule has 6 heterocycles. The van der Waals surface area contributed by atoms with Gasteiger partial charge >= 0.3 is 0 Å². The highest BCUT2D eigenvalue weighted by molar-refractivity contribution is 8.13. The number of carbonyl (C=O) groups excluding carboxylic acids is 6. The number of phosphoric ester groups is 6. The molecule has 48 nitrogen and oxygen atoms in total. The van der Waals surface area contributed by atoms with E-state index >= 15 is 0 Å². The molecule has 2 aliphatic heterocycles. The summed E-state index contributed by atoms with van der Waals surface area (Å²) < 4.78 is 122. The van der Waals surface area contributed by atoms with Crippen LogP contribution in [0.4, 0.5) is 11.6 Å². The number of aliphatic hydroxyl groups excluding tert-OH is 4. The van der Waals surface area contributed by atoms with E-state index in [0.29, 0.717) is 11.5 Å². The molecule has 0 radical (unpaired) electrons. The minimum Gasteiger partial charge on any atom is -0.790 e. The number of nitrogens with two attached hydrogens (primary N) is 2. The average molecular weight is 1800 g/mol. The van der Waals surface area contributed by atoms with Crippen LogP contribution in [0.1, 0.15) is 107 Å². The highest BCUT2D eigenvalue weighted by Gasteiger charge is 2.57. The summed E-state index contributed by atoms with van der Waals surface area (Å²) in [6.07, 6.45) is -1.18. The quantitative estimate of drug-likeness (QED) is 0.0116. The first kappa shape index (κ1) is 101. The van der Waals surface area contributed by atoms with Crippen LogP contribution in [0.5, 0.6) is 0 Å². The number of carbonyl (C=O) groups is 6. The van der Waals surface area contributed by atoms with E-state index in [4.69, 9.17) is 20.9 Å². The SMILES string of the molecule is CCCC=C=CCC(=O)SCCNC(=O)CCNC(=O)C(O)C(C)(C)COP(=O)([O-])OP(=O)([O-])OCC1OC(C)(n2cnc3c(N)ncnc32)C(O)C1OP(=O)([O-])[O-].CCCC=C=CCC(=O)SCCNC(=O)CCNC(=O)C(O)C(C)(C)COP(=O)([O-])OP(=O)([O-])OCC1OC(C)(n2cnc3c(N)ncnc32)C(O)C1OP(=O)([O-])[O-]. The minimum atomic E-state index is -5.94. The Morgan fingerprint density at radius 2 is 0.905 bits per heavy atom. The van der Waals surface area contributed by atoms with Crippen molar-refractivity contribution in [3.8, 4) is 0 Å². The number of amides is 4. The number of hydrogen-bond donors (Lipinski definition) is 10. The predicted octanol–water partition coefficient (Wildman–Crippen LogP) is -3.58. The van der Waals surface area contributed by atoms with Crippen LogP contribution in [0.3, 0.4) is 0 Å². The summed E-state index contributed by atoms with van der Waals surface area (Å²) in [7, 11) is -35.3. The van der Waals surface area contributed by atoms with Crippen LogP contribution in [0.2, 0.25) is 0 Å². The van der Waals surface area contributed by atoms with Gasteiger partial charge in [-0.3, -0.25) is 56.2 Å². The number of hydrogen-bond acceptors (Lipinski definition) is 44. The number of anilines is 2. The van der Waals surface area contributed by atoms with Gasteiger partial charge in [-0.25, -0.2) is 38.5 Å². The van der Waals surface area contributed by atoms with E-state index in [9.17, 15) is 116 Å². The highest BCUT2D eigenvalue weighted by Crippen LogP contribution is 2.58. The molecule has 0 bridgehead atoms. The number of nitrogen functional groups attached to an aromatic ring is 2. The van der Waals surface area contributed by atoms with E-state index in [1.165, 1.54) is 41.5 Å². The number of imidazole rings is 2. The summed E-state index contributed by atoms with van der Waals surface area (Å²) in [5.41, 5.74) is 9.86. The first-order valence-corrected chi connectivity index (χ1v) is 45.4. The van der Waals surface area contributed by atoms with Gasteiger partial charge in [0.1, 0.15) is 72.5 Å². The van der Waals surface area contributed by atoms with Gasteiger partial charge in [-0.05, 0) is 51.0 Å². The third kappa shape index (κ3) is 31.6. The Balaban J connectivity index is 0.000000414. The maximum atomic E-state index is 12.6. The van der Waals surface area contributed by atoms with E-state index < -0.39 is 168 Å². The zero-order valence-electron chi connectivity index (χ0n) is 63.2. The van der Waals surface area contributed by atoms with Crippen molar-refractivity contribution in [1.82, 2.24) is 60.3 Å². The maximum Gasteiger partial charge on any atom is 0.274 e. The number of aromatic nitrogens is 8. The standard InChI is InChI=1S/2C30H48N7O17P3S/c2*1-5-6-7-8-9-10-21(39)58-14-13-32-20(38)11-12-33-28(42)25(41)29(2,3)16-51-57(48,49)54-56(46,47)50-15-19-23(53-55(43,44)45)24(40)30(4,52-19)37-18-36-22-26(31)34-17-35-27(22)37/h2*7,9,17-19,23-25,40-41H,5-6,10-16H2,1-4H3,(H,32,38)(H,33,42)(H,46,47)(H,48,49)(H2,31,34,35)(H2,43,44,45)/p-8. The Morgan fingerprint density at radius 1 is 0.560 bits per heavy atom. The van der Waals surface area contributed by atoms with Gasteiger partial charge in [0.05, 0.1) is 54.7 Å². The van der Waals surface area contributed by atoms with Crippen LogP contribution in [0.25, 0.3) is 22.3 Å². The first-order valence-electron chi connectivity index (χ1n) is 34.6. The molecule has 0 saturated carbocycles. The van der Waals surface area contributed by atoms with Crippen molar-refractivity contribution in [3.63, 3.8) is 0 Å². The van der Waals surface area contributed by atoms with Gasteiger partial charge < -0.3 is 138 Å². The minimum absolute atomic E-state index is 0.0337. The van der Waals surface area contributed by atoms with E-state index in [1.54, 1.807) is 12.2 Å². The van der Waals surface area contributed by atoms with Crippen molar-refractivity contribution >= 4 is 138 Å². The molecule has 2 fully saturated rings. The Labute approximate surface area is 671 Å². The molecule has 4 aromatic heterocycles. The van der Waals surface area contributed by atoms with Gasteiger partial charge in [0, 0.05) is 74.2 Å². The third-order valence-corrected chi connectivity index (χ3v) is 24.1. The van der Waals surface area contributed by atoms with Crippen molar-refractivity contribution in [3.05, 3.63) is 61.1 Å². The fourth-order valence-electron chi connectivity index (χ4n) is 10.2. The lowest BCUT2D eigenvalue weighted by atomic mass is 9.87. The largest absolute Gasteiger partial charge is 0.790 e. The zero-order chi connectivity index (χ0) is 87.1. The molecule has 14 atom stereocenters. The van der Waals surface area contributed by atoms with Crippen molar-refractivity contribution < 1.29 is 161 Å². The molecule has 2 saturated heterocycles. The monoisotopic (exact) mass is 1800 g/mol. The number of aliphatic hydroxyl groups is 4. The van der Waals surface area contributed by atoms with Gasteiger partial charge in [0.15, 0.2) is 44.6 Å². The number of thioether (sulfide) groups is 2. The van der Waals surface area contributed by atoms with Crippen molar-refractivity contribution in [1.29, 1.82) is 0 Å². The van der Waals surface area contributed by atoms with E-state index in [-0.39, 0.29) is 96.1 Å². The maximum absolute atomic E-state index is 12.6. The molecule has 652 valence electrons. The Kier molecular flexibility index (Phi) is 38.3. The van der Waals surface area contributed by atoms with Crippen LogP contribution >= 0.6 is 70.5 Å². The topological polar surface area (TPSA) is 750 Å². The molecule has 56 heteroatoms. The number of ether oxygens (including phenoxy) is 2. The predicted molar refractivity (Wildman–Crippen MR) is 390 cm³/mol. The molecule has 6 rings (SSSR count). The summed E-state index contributed by atoms with van der Waals surface area (Å²) in [5, 5.41) is 52.8. The average Bonchev–Trinajstić information content (AvgIpc) is 1.59. The zero-order valence-corrected chi connectivity index (χ0v) is 70.2. The first-order chi connectivity index (χ1) is 53.8. The fourth-order valence-corrected chi connectivity index (χ4v) is 16.9. The normalized spacial score (nSPS) is 22.3. The van der Waals surface area contributed by atoms with Gasteiger partial charge in [0.25, 0.3) is 31.3 Å². The van der Waals surface area contributed by atoms with Gasteiger partial charge in [-0.15, -0.1) is 11.5 Å². The molecule has 0 spiro atoms. The molecule has 4 aromatic rings. The number of allylic oxidation sites excluding steroid dienone is 2. The molecule has 116 heavy (non-hydrogen) atoms. The number of nitrogens with zero attached hydrogens (tertiary/aromatic N) is 8. The lowest BCUT2D eigenvalue weighted by Gasteiger charge is -2.36. The summed E-state index contributed by atoms with van der Waals surface area (Å²) in [5.74, 6) is -2.50. The Hall–Kier alpha value is -5.84. The highest BCUT2D eigenvalue weighted by atomic mass is 32.2. The van der Waals surface area contributed by atoms with Crippen molar-refractivity contribution in [2.75, 3.05) is 75.6 Å². The lowest BCUT2D eigenvalue weighted by molar-refractivity contribution is -0.349. The number of fused-ring (bicyclic) bond motifs is 2. The number of unbranched alkanes of at least 4 members (excludes halogenated alkanes) is 2. The van der Waals surface area contributed by atoms with E-state index in [1.807, 2.05) is 26.0 Å². The fraction of sp³-hybridized carbons (Fsp3) is 0.633. The number of phosphoric acid groups is 6. The number of nitrogens with one attached hydrogen (secondary N) is 4. The molecular formula is C60H88N14O34P6S2-8. The molecule has 12 N–H and O–H groups in total. The summed E-state index contributed by atoms with van der Waals surface area (Å²) in [6, 6.07) is 0. The van der Waals surface area contributed by atoms with Crippen LogP contribution in [-0.4, -0.2) is 206 Å². The summed E-state index contributed by atoms with van der Waals surface area (Å²) in [6.45, 7) is 6.51. The van der Waals surface area contributed by atoms with Crippen LogP contribution in [-0.2, 0) is 113 Å². The molecule has 4 amide bonds. The second-order valence-corrected chi connectivity index (χ2v) is 37.1. The smallest absolute Gasteiger partial charge is 0.274 e. The second-order valence-electron chi connectivity index (χ2n) is 26.7. The summed E-state index contributed by atoms with van der Waals surface area (Å²) >= 11 is 2.07. The third-order valence-electron chi connectivity index (χ3n) is 16.3. The van der Waals surface area contributed by atoms with Gasteiger partial charge in [-0.1, -0.05) is 77.9 Å². The van der Waals surface area contributed by atoms with Crippen LogP contribution < -0.4 is 71.9 Å². The van der Waals surface area contributed by atoms with Crippen LogP contribution in [0, 0.1) is 10.8 Å². The Bertz CT molecular complexity index is 4230.